The normalized spacial score (nSPS) is 23.0. The Morgan fingerprint density at radius 1 is 1.38 bits per heavy atom. The summed E-state index contributed by atoms with van der Waals surface area (Å²) < 4.78 is 0. The summed E-state index contributed by atoms with van der Waals surface area (Å²) in [5, 5.41) is 1.76. The molecule has 0 saturated carbocycles. The maximum Gasteiger partial charge on any atom is 0.273 e. The van der Waals surface area contributed by atoms with Crippen molar-refractivity contribution in [2.24, 2.45) is 0 Å². The van der Waals surface area contributed by atoms with Crippen molar-refractivity contribution in [1.82, 2.24) is 19.8 Å². The SMILES string of the molecule is Cc1cccc(CN2C(=O)C[C@@H]3[C@@H]2CCN3C(=O)c2cscn2)n1. The van der Waals surface area contributed by atoms with Gasteiger partial charge in [0.05, 0.1) is 29.8 Å². The van der Waals surface area contributed by atoms with Crippen LogP contribution < -0.4 is 0 Å². The Morgan fingerprint density at radius 3 is 3.00 bits per heavy atom. The molecule has 124 valence electrons. The summed E-state index contributed by atoms with van der Waals surface area (Å²) in [6, 6.07) is 5.89. The Balaban J connectivity index is 1.52. The number of carbonyl (C=O) groups is 2. The number of carbonyl (C=O) groups excluding carboxylic acids is 2. The maximum absolute atomic E-state index is 12.6. The van der Waals surface area contributed by atoms with E-state index in [9.17, 15) is 9.59 Å². The molecule has 2 fully saturated rings. The number of hydrogen-bond donors (Lipinski definition) is 0. The Kier molecular flexibility index (Phi) is 3.80. The molecule has 2 aliphatic rings. The molecule has 2 aromatic heterocycles. The van der Waals surface area contributed by atoms with Crippen LogP contribution in [-0.4, -0.2) is 50.2 Å². The minimum Gasteiger partial charge on any atom is -0.332 e. The standard InChI is InChI=1S/C17H18N4O2S/c1-11-3-2-4-12(19-11)8-21-14-5-6-20(15(14)7-16(21)22)17(23)13-9-24-10-18-13/h2-4,9-10,14-15H,5-8H2,1H3/t14-,15+/m0/s1. The van der Waals surface area contributed by atoms with E-state index in [0.717, 1.165) is 17.8 Å². The van der Waals surface area contributed by atoms with Crippen LogP contribution in [0.25, 0.3) is 0 Å². The molecule has 0 aromatic carbocycles. The molecule has 2 saturated heterocycles. The molecule has 0 spiro atoms. The van der Waals surface area contributed by atoms with Crippen LogP contribution >= 0.6 is 11.3 Å². The third-order valence-electron chi connectivity index (χ3n) is 4.81. The van der Waals surface area contributed by atoms with Gasteiger partial charge in [-0.15, -0.1) is 11.3 Å². The lowest BCUT2D eigenvalue weighted by molar-refractivity contribution is -0.129. The first-order valence-electron chi connectivity index (χ1n) is 8.04. The van der Waals surface area contributed by atoms with Crippen LogP contribution in [0, 0.1) is 6.92 Å². The van der Waals surface area contributed by atoms with Gasteiger partial charge in [-0.25, -0.2) is 4.98 Å². The fourth-order valence-electron chi connectivity index (χ4n) is 3.71. The van der Waals surface area contributed by atoms with Gasteiger partial charge in [-0.05, 0) is 25.5 Å². The van der Waals surface area contributed by atoms with Gasteiger partial charge >= 0.3 is 0 Å². The number of aryl methyl sites for hydroxylation is 1. The van der Waals surface area contributed by atoms with Crippen molar-refractivity contribution in [3.05, 3.63) is 46.2 Å². The van der Waals surface area contributed by atoms with E-state index in [0.29, 0.717) is 25.2 Å². The van der Waals surface area contributed by atoms with E-state index in [4.69, 9.17) is 0 Å². The summed E-state index contributed by atoms with van der Waals surface area (Å²) in [6.07, 6.45) is 1.21. The maximum atomic E-state index is 12.6. The van der Waals surface area contributed by atoms with Crippen molar-refractivity contribution in [3.63, 3.8) is 0 Å². The second-order valence-corrected chi connectivity index (χ2v) is 7.01. The topological polar surface area (TPSA) is 66.4 Å². The lowest BCUT2D eigenvalue weighted by Crippen LogP contribution is -2.39. The highest BCUT2D eigenvalue weighted by molar-refractivity contribution is 7.07. The second kappa shape index (κ2) is 5.98. The third kappa shape index (κ3) is 2.58. The zero-order valence-corrected chi connectivity index (χ0v) is 14.2. The van der Waals surface area contributed by atoms with Crippen LogP contribution in [-0.2, 0) is 11.3 Å². The van der Waals surface area contributed by atoms with Gasteiger partial charge < -0.3 is 9.80 Å². The van der Waals surface area contributed by atoms with Gasteiger partial charge in [-0.1, -0.05) is 6.07 Å². The number of likely N-dealkylation sites (tertiary alicyclic amines) is 2. The fraction of sp³-hybridized carbons (Fsp3) is 0.412. The number of rotatable bonds is 3. The first-order valence-corrected chi connectivity index (χ1v) is 8.99. The van der Waals surface area contributed by atoms with E-state index in [1.165, 1.54) is 11.3 Å². The molecule has 0 N–H and O–H groups in total. The smallest absolute Gasteiger partial charge is 0.273 e. The van der Waals surface area contributed by atoms with E-state index >= 15 is 0 Å². The Bertz CT molecular complexity index is 777. The van der Waals surface area contributed by atoms with Crippen LogP contribution in [0.15, 0.2) is 29.1 Å². The second-order valence-electron chi connectivity index (χ2n) is 6.29. The molecule has 2 atom stereocenters. The van der Waals surface area contributed by atoms with E-state index in [2.05, 4.69) is 9.97 Å². The number of amides is 2. The summed E-state index contributed by atoms with van der Waals surface area (Å²) >= 11 is 1.41. The Labute approximate surface area is 144 Å². The first-order chi connectivity index (χ1) is 11.6. The van der Waals surface area contributed by atoms with E-state index in [1.54, 1.807) is 10.9 Å². The number of pyridine rings is 1. The highest BCUT2D eigenvalue weighted by Gasteiger charge is 2.48. The van der Waals surface area contributed by atoms with E-state index < -0.39 is 0 Å². The molecule has 0 aliphatic carbocycles. The average molecular weight is 342 g/mol. The third-order valence-corrected chi connectivity index (χ3v) is 5.39. The Hall–Kier alpha value is -2.28. The number of fused-ring (bicyclic) bond motifs is 1. The van der Waals surface area contributed by atoms with Gasteiger partial charge in [0, 0.05) is 24.0 Å². The van der Waals surface area contributed by atoms with Crippen LogP contribution in [0.2, 0.25) is 0 Å². The van der Waals surface area contributed by atoms with Crippen LogP contribution in [0.5, 0.6) is 0 Å². The Morgan fingerprint density at radius 2 is 2.25 bits per heavy atom. The molecule has 4 rings (SSSR count). The van der Waals surface area contributed by atoms with Gasteiger partial charge in [0.1, 0.15) is 5.69 Å². The molecule has 2 aliphatic heterocycles. The van der Waals surface area contributed by atoms with Crippen molar-refractivity contribution in [2.45, 2.75) is 38.4 Å². The van der Waals surface area contributed by atoms with Gasteiger partial charge in [0.15, 0.2) is 0 Å². The summed E-state index contributed by atoms with van der Waals surface area (Å²) in [5.41, 5.74) is 3.98. The van der Waals surface area contributed by atoms with Crippen molar-refractivity contribution >= 4 is 23.2 Å². The molecule has 2 amide bonds. The van der Waals surface area contributed by atoms with Crippen molar-refractivity contribution in [2.75, 3.05) is 6.54 Å². The highest BCUT2D eigenvalue weighted by Crippen LogP contribution is 2.34. The number of nitrogens with zero attached hydrogens (tertiary/aromatic N) is 4. The van der Waals surface area contributed by atoms with Gasteiger partial charge in [0.2, 0.25) is 5.91 Å². The van der Waals surface area contributed by atoms with Crippen LogP contribution in [0.4, 0.5) is 0 Å². The quantitative estimate of drug-likeness (QED) is 0.854. The molecule has 4 heterocycles. The van der Waals surface area contributed by atoms with Crippen molar-refractivity contribution in [3.8, 4) is 0 Å². The highest BCUT2D eigenvalue weighted by atomic mass is 32.1. The average Bonchev–Trinajstić information content (AvgIpc) is 3.26. The number of hydrogen-bond acceptors (Lipinski definition) is 5. The van der Waals surface area contributed by atoms with Gasteiger partial charge in [0.25, 0.3) is 5.91 Å². The first kappa shape index (κ1) is 15.3. The molecule has 7 heteroatoms. The van der Waals surface area contributed by atoms with Crippen LogP contribution in [0.3, 0.4) is 0 Å². The molecular weight excluding hydrogens is 324 g/mol. The van der Waals surface area contributed by atoms with E-state index in [1.807, 2.05) is 34.9 Å². The predicted octanol–water partition coefficient (Wildman–Crippen LogP) is 1.86. The minimum atomic E-state index is -0.0629. The van der Waals surface area contributed by atoms with Crippen LogP contribution in [0.1, 0.15) is 34.7 Å². The molecule has 0 radical (unpaired) electrons. The summed E-state index contributed by atoms with van der Waals surface area (Å²) in [4.78, 5) is 37.4. The largest absolute Gasteiger partial charge is 0.332 e. The van der Waals surface area contributed by atoms with Crippen molar-refractivity contribution in [1.29, 1.82) is 0 Å². The van der Waals surface area contributed by atoms with Gasteiger partial charge in [-0.3, -0.25) is 14.6 Å². The minimum absolute atomic E-state index is 0.0449. The van der Waals surface area contributed by atoms with Crippen molar-refractivity contribution < 1.29 is 9.59 Å². The number of aromatic nitrogens is 2. The lowest BCUT2D eigenvalue weighted by Gasteiger charge is -2.25. The summed E-state index contributed by atoms with van der Waals surface area (Å²) in [7, 11) is 0. The lowest BCUT2D eigenvalue weighted by atomic mass is 10.1. The molecule has 0 bridgehead atoms. The molecule has 2 aromatic rings. The number of thiazole rings is 1. The van der Waals surface area contributed by atoms with Gasteiger partial charge in [-0.2, -0.15) is 0 Å². The summed E-state index contributed by atoms with van der Waals surface area (Å²) in [5.74, 6) is 0.0381. The zero-order chi connectivity index (χ0) is 16.7. The molecule has 0 unspecified atom stereocenters. The summed E-state index contributed by atoms with van der Waals surface area (Å²) in [6.45, 7) is 3.14. The fourth-order valence-corrected chi connectivity index (χ4v) is 4.24. The molecular formula is C17H18N4O2S. The molecule has 6 nitrogen and oxygen atoms in total. The monoisotopic (exact) mass is 342 g/mol. The molecule has 24 heavy (non-hydrogen) atoms. The predicted molar refractivity (Wildman–Crippen MR) is 89.5 cm³/mol. The van der Waals surface area contributed by atoms with E-state index in [-0.39, 0.29) is 23.9 Å². The zero-order valence-electron chi connectivity index (χ0n) is 13.4.